The molecule has 0 aromatic heterocycles. The van der Waals surface area contributed by atoms with Crippen LogP contribution in [0.4, 0.5) is 0 Å². The number of benzene rings is 1. The summed E-state index contributed by atoms with van der Waals surface area (Å²) in [6.07, 6.45) is 2.10. The molecule has 0 heterocycles. The molecule has 1 aromatic rings. The Labute approximate surface area is 107 Å². The first-order valence-corrected chi connectivity index (χ1v) is 6.45. The normalized spacial score (nSPS) is 11.9. The summed E-state index contributed by atoms with van der Waals surface area (Å²) in [6.45, 7) is 0. The maximum absolute atomic E-state index is 11.1. The Balaban J connectivity index is 3.33. The number of carboxylic acids is 1. The van der Waals surface area contributed by atoms with E-state index in [-0.39, 0.29) is 14.9 Å². The third kappa shape index (κ3) is 3.71. The molecule has 0 atom stereocenters. The lowest BCUT2D eigenvalue weighted by Gasteiger charge is -2.05. The van der Waals surface area contributed by atoms with Crippen LogP contribution in [0.15, 0.2) is 23.1 Å². The van der Waals surface area contributed by atoms with Gasteiger partial charge in [0.2, 0.25) is 10.0 Å². The topological polar surface area (TPSA) is 97.5 Å². The van der Waals surface area contributed by atoms with Gasteiger partial charge in [0.15, 0.2) is 0 Å². The standard InChI is InChI=1S/C9H7Cl2NO4S/c10-6-3-5(1-2-8(13)14)4-7(11)9(6)17(12,15)16/h1-4H,(H,13,14)(H2,12,15,16). The third-order valence-corrected chi connectivity index (χ3v) is 3.55. The fourth-order valence-corrected chi connectivity index (χ4v) is 2.93. The molecule has 0 fully saturated rings. The second kappa shape index (κ2) is 5.05. The minimum Gasteiger partial charge on any atom is -0.478 e. The lowest BCUT2D eigenvalue weighted by atomic mass is 10.2. The SMILES string of the molecule is NS(=O)(=O)c1c(Cl)cc(C=CC(=O)O)cc1Cl. The second-order valence-corrected chi connectivity index (χ2v) is 5.34. The summed E-state index contributed by atoms with van der Waals surface area (Å²) in [7, 11) is -4.02. The van der Waals surface area contributed by atoms with Crippen LogP contribution < -0.4 is 5.14 Å². The van der Waals surface area contributed by atoms with Gasteiger partial charge in [0, 0.05) is 6.08 Å². The van der Waals surface area contributed by atoms with E-state index in [0.29, 0.717) is 5.56 Å². The van der Waals surface area contributed by atoms with Gasteiger partial charge in [-0.2, -0.15) is 0 Å². The zero-order valence-corrected chi connectivity index (χ0v) is 10.6. The molecule has 0 saturated carbocycles. The molecule has 0 amide bonds. The fraction of sp³-hybridized carbons (Fsp3) is 0. The number of aliphatic carboxylic acids is 1. The van der Waals surface area contributed by atoms with Gasteiger partial charge in [-0.1, -0.05) is 23.2 Å². The van der Waals surface area contributed by atoms with Gasteiger partial charge in [0.1, 0.15) is 4.90 Å². The van der Waals surface area contributed by atoms with Gasteiger partial charge < -0.3 is 5.11 Å². The van der Waals surface area contributed by atoms with E-state index in [1.807, 2.05) is 0 Å². The van der Waals surface area contributed by atoms with Crippen LogP contribution in [-0.2, 0) is 14.8 Å². The number of hydrogen-bond donors (Lipinski definition) is 2. The van der Waals surface area contributed by atoms with E-state index < -0.39 is 16.0 Å². The molecular weight excluding hydrogens is 289 g/mol. The van der Waals surface area contributed by atoms with Gasteiger partial charge in [0.05, 0.1) is 10.0 Å². The highest BCUT2D eigenvalue weighted by molar-refractivity contribution is 7.89. The van der Waals surface area contributed by atoms with Gasteiger partial charge in [-0.05, 0) is 23.8 Å². The fourth-order valence-electron chi connectivity index (χ4n) is 1.12. The highest BCUT2D eigenvalue weighted by atomic mass is 35.5. The van der Waals surface area contributed by atoms with Crippen molar-refractivity contribution in [1.29, 1.82) is 0 Å². The maximum atomic E-state index is 11.1. The molecule has 0 bridgehead atoms. The van der Waals surface area contributed by atoms with Crippen molar-refractivity contribution in [3.63, 3.8) is 0 Å². The Morgan fingerprint density at radius 3 is 2.12 bits per heavy atom. The molecule has 92 valence electrons. The highest BCUT2D eigenvalue weighted by Crippen LogP contribution is 2.30. The average molecular weight is 296 g/mol. The third-order valence-electron chi connectivity index (χ3n) is 1.72. The molecule has 1 rings (SSSR count). The van der Waals surface area contributed by atoms with Crippen LogP contribution in [0.2, 0.25) is 10.0 Å². The van der Waals surface area contributed by atoms with E-state index >= 15 is 0 Å². The van der Waals surface area contributed by atoms with Crippen LogP contribution >= 0.6 is 23.2 Å². The predicted octanol–water partition coefficient (Wildman–Crippen LogP) is 1.74. The van der Waals surface area contributed by atoms with Crippen LogP contribution in [-0.4, -0.2) is 19.5 Å². The van der Waals surface area contributed by atoms with Gasteiger partial charge >= 0.3 is 5.97 Å². The van der Waals surface area contributed by atoms with Crippen LogP contribution in [0.25, 0.3) is 6.08 Å². The van der Waals surface area contributed by atoms with Crippen molar-refractivity contribution in [2.75, 3.05) is 0 Å². The van der Waals surface area contributed by atoms with Crippen molar-refractivity contribution in [1.82, 2.24) is 0 Å². The molecule has 8 heteroatoms. The van der Waals surface area contributed by atoms with E-state index in [9.17, 15) is 13.2 Å². The summed E-state index contributed by atoms with van der Waals surface area (Å²) in [6, 6.07) is 2.51. The molecule has 0 aliphatic heterocycles. The molecule has 3 N–H and O–H groups in total. The van der Waals surface area contributed by atoms with Crippen molar-refractivity contribution in [2.24, 2.45) is 5.14 Å². The minimum atomic E-state index is -4.02. The number of halogens is 2. The van der Waals surface area contributed by atoms with Gasteiger partial charge in [0.25, 0.3) is 0 Å². The van der Waals surface area contributed by atoms with Crippen LogP contribution in [0.1, 0.15) is 5.56 Å². The van der Waals surface area contributed by atoms with Gasteiger partial charge in [-0.25, -0.2) is 18.4 Å². The van der Waals surface area contributed by atoms with Crippen molar-refractivity contribution in [2.45, 2.75) is 4.90 Å². The number of rotatable bonds is 3. The summed E-state index contributed by atoms with van der Waals surface area (Å²) in [4.78, 5) is 9.92. The molecule has 0 spiro atoms. The van der Waals surface area contributed by atoms with Gasteiger partial charge in [-0.3, -0.25) is 0 Å². The van der Waals surface area contributed by atoms with Gasteiger partial charge in [-0.15, -0.1) is 0 Å². The monoisotopic (exact) mass is 295 g/mol. The minimum absolute atomic E-state index is 0.162. The van der Waals surface area contributed by atoms with E-state index in [2.05, 4.69) is 0 Å². The molecule has 0 aliphatic rings. The first-order chi connectivity index (χ1) is 7.71. The first-order valence-electron chi connectivity index (χ1n) is 4.14. The largest absolute Gasteiger partial charge is 0.478 e. The molecule has 1 aromatic carbocycles. The predicted molar refractivity (Wildman–Crippen MR) is 64.5 cm³/mol. The number of carbonyl (C=O) groups is 1. The van der Waals surface area contributed by atoms with Crippen LogP contribution in [0.3, 0.4) is 0 Å². The summed E-state index contributed by atoms with van der Waals surface area (Å²) in [5.41, 5.74) is 0.356. The Morgan fingerprint density at radius 2 is 1.76 bits per heavy atom. The molecule has 0 unspecified atom stereocenters. The van der Waals surface area contributed by atoms with Crippen LogP contribution in [0, 0.1) is 0 Å². The number of sulfonamides is 1. The molecule has 5 nitrogen and oxygen atoms in total. The summed E-state index contributed by atoms with van der Waals surface area (Å²) < 4.78 is 22.3. The lowest BCUT2D eigenvalue weighted by Crippen LogP contribution is -2.13. The summed E-state index contributed by atoms with van der Waals surface area (Å²) in [5.74, 6) is -1.15. The summed E-state index contributed by atoms with van der Waals surface area (Å²) in [5, 5.41) is 13.0. The number of carboxylic acid groups (broad SMARTS) is 1. The molecule has 0 aliphatic carbocycles. The Morgan fingerprint density at radius 1 is 1.29 bits per heavy atom. The average Bonchev–Trinajstić information content (AvgIpc) is 2.11. The number of hydrogen-bond acceptors (Lipinski definition) is 3. The van der Waals surface area contributed by atoms with E-state index in [4.69, 9.17) is 33.4 Å². The molecule has 0 radical (unpaired) electrons. The zero-order chi connectivity index (χ0) is 13.2. The van der Waals surface area contributed by atoms with Crippen molar-refractivity contribution >= 4 is 45.3 Å². The Hall–Kier alpha value is -1.08. The molecule has 0 saturated heterocycles. The van der Waals surface area contributed by atoms with Crippen LogP contribution in [0.5, 0.6) is 0 Å². The second-order valence-electron chi connectivity index (χ2n) is 3.03. The molecule has 17 heavy (non-hydrogen) atoms. The first kappa shape index (κ1) is 14.0. The van der Waals surface area contributed by atoms with E-state index in [0.717, 1.165) is 6.08 Å². The van der Waals surface area contributed by atoms with Crippen molar-refractivity contribution in [3.05, 3.63) is 33.8 Å². The highest BCUT2D eigenvalue weighted by Gasteiger charge is 2.18. The number of nitrogens with two attached hydrogens (primary N) is 1. The Kier molecular flexibility index (Phi) is 4.16. The number of primary sulfonamides is 1. The summed E-state index contributed by atoms with van der Waals surface area (Å²) >= 11 is 11.4. The quantitative estimate of drug-likeness (QED) is 0.830. The van der Waals surface area contributed by atoms with Crippen molar-refractivity contribution in [3.8, 4) is 0 Å². The Bertz CT molecular complexity index is 572. The zero-order valence-electron chi connectivity index (χ0n) is 8.22. The smallest absolute Gasteiger partial charge is 0.328 e. The van der Waals surface area contributed by atoms with E-state index in [1.165, 1.54) is 18.2 Å². The van der Waals surface area contributed by atoms with E-state index in [1.54, 1.807) is 0 Å². The lowest BCUT2D eigenvalue weighted by molar-refractivity contribution is -0.131. The van der Waals surface area contributed by atoms with Crippen molar-refractivity contribution < 1.29 is 18.3 Å². The molecular formula is C9H7Cl2NO4S. The maximum Gasteiger partial charge on any atom is 0.328 e.